The second-order valence-electron chi connectivity index (χ2n) is 15.9. The average molecular weight is 951 g/mol. The van der Waals surface area contributed by atoms with Crippen LogP contribution in [0.25, 0.3) is 72.3 Å². The highest BCUT2D eigenvalue weighted by Crippen LogP contribution is 2.46. The minimum absolute atomic E-state index is 0.956. The Morgan fingerprint density at radius 2 is 0.507 bits per heavy atom. The van der Waals surface area contributed by atoms with Crippen LogP contribution in [0.5, 0.6) is 0 Å². The van der Waals surface area contributed by atoms with E-state index in [0.29, 0.717) is 0 Å². The molecule has 7 aromatic carbocycles. The Hall–Kier alpha value is -7.24. The van der Waals surface area contributed by atoms with Crippen LogP contribution >= 0.6 is 57.1 Å². The standard InChI is InChI=1S/C58H38N4S5/c1-5-13-41(14-6-1)61(42-15-7-2-8-16-42)45-25-21-39(22-26-45)49-31-35-53(63-49)55-37-33-51(65-55)47-29-30-48(58-57(47)59-67-60-58)52-34-38-56(66-52)54-36-32-50(64-54)40-23-27-46(28-24-40)62(43-17-9-3-10-18-43)44-19-11-4-12-20-44/h1-38H. The minimum Gasteiger partial charge on any atom is -0.311 e. The van der Waals surface area contributed by atoms with Gasteiger partial charge in [-0.15, -0.1) is 45.3 Å². The molecular formula is C58H38N4S5. The summed E-state index contributed by atoms with van der Waals surface area (Å²) in [6.07, 6.45) is 0. The van der Waals surface area contributed by atoms with E-state index in [2.05, 4.69) is 240 Å². The molecule has 67 heavy (non-hydrogen) atoms. The number of para-hydroxylation sites is 4. The molecule has 0 radical (unpaired) electrons. The number of hydrogen-bond donors (Lipinski definition) is 0. The monoisotopic (exact) mass is 950 g/mol. The lowest BCUT2D eigenvalue weighted by molar-refractivity contribution is 1.28. The lowest BCUT2D eigenvalue weighted by Crippen LogP contribution is -2.09. The minimum atomic E-state index is 0.956. The molecule has 4 nitrogen and oxygen atoms in total. The first-order valence-corrected chi connectivity index (χ1v) is 25.9. The van der Waals surface area contributed by atoms with Crippen molar-refractivity contribution in [3.8, 4) is 61.3 Å². The van der Waals surface area contributed by atoms with Crippen LogP contribution in [-0.4, -0.2) is 8.75 Å². The van der Waals surface area contributed by atoms with Crippen molar-refractivity contribution in [2.45, 2.75) is 0 Å². The van der Waals surface area contributed by atoms with E-state index in [0.717, 1.165) is 56.3 Å². The molecule has 5 heterocycles. The van der Waals surface area contributed by atoms with Gasteiger partial charge in [-0.05, 0) is 132 Å². The van der Waals surface area contributed by atoms with E-state index in [4.69, 9.17) is 8.75 Å². The maximum absolute atomic E-state index is 4.86. The molecule has 0 bridgehead atoms. The zero-order valence-electron chi connectivity index (χ0n) is 35.8. The first-order valence-electron chi connectivity index (χ1n) is 21.9. The van der Waals surface area contributed by atoms with Crippen molar-refractivity contribution < 1.29 is 0 Å². The summed E-state index contributed by atoms with van der Waals surface area (Å²) in [4.78, 5) is 14.5. The lowest BCUT2D eigenvalue weighted by atomic mass is 10.1. The van der Waals surface area contributed by atoms with Gasteiger partial charge in [0.15, 0.2) is 0 Å². The van der Waals surface area contributed by atoms with Crippen LogP contribution < -0.4 is 9.80 Å². The van der Waals surface area contributed by atoms with E-state index in [1.165, 1.54) is 61.9 Å². The third-order valence-electron chi connectivity index (χ3n) is 11.7. The van der Waals surface area contributed by atoms with Crippen molar-refractivity contribution in [1.82, 2.24) is 8.75 Å². The highest BCUT2D eigenvalue weighted by Gasteiger charge is 2.19. The summed E-state index contributed by atoms with van der Waals surface area (Å²) in [5.41, 5.74) is 13.4. The summed E-state index contributed by atoms with van der Waals surface area (Å²) in [7, 11) is 0. The van der Waals surface area contributed by atoms with Gasteiger partial charge in [-0.25, -0.2) is 0 Å². The van der Waals surface area contributed by atoms with Crippen LogP contribution in [0.3, 0.4) is 0 Å². The SMILES string of the molecule is c1ccc(N(c2ccccc2)c2ccc(-c3ccc(-c4ccc(-c5ccc(-c6ccc(-c7ccc(-c8ccc(N(c9ccccc9)c9ccccc9)cc8)s7)s6)c6nsnc56)s4)s3)cc2)cc1. The van der Waals surface area contributed by atoms with Crippen molar-refractivity contribution in [2.24, 2.45) is 0 Å². The third-order valence-corrected chi connectivity index (χ3v) is 17.2. The van der Waals surface area contributed by atoms with Gasteiger partial charge >= 0.3 is 0 Å². The molecule has 0 aliphatic rings. The number of anilines is 6. The van der Waals surface area contributed by atoms with Gasteiger partial charge in [0.25, 0.3) is 0 Å². The van der Waals surface area contributed by atoms with Gasteiger partial charge in [-0.1, -0.05) is 109 Å². The van der Waals surface area contributed by atoms with Gasteiger partial charge < -0.3 is 9.80 Å². The number of benzene rings is 7. The number of fused-ring (bicyclic) bond motifs is 1. The van der Waals surface area contributed by atoms with Crippen LogP contribution in [-0.2, 0) is 0 Å². The molecule has 0 fully saturated rings. The topological polar surface area (TPSA) is 32.3 Å². The van der Waals surface area contributed by atoms with Crippen LogP contribution in [0, 0.1) is 0 Å². The number of hydrogen-bond acceptors (Lipinski definition) is 9. The van der Waals surface area contributed by atoms with Gasteiger partial charge in [-0.3, -0.25) is 0 Å². The van der Waals surface area contributed by atoms with Crippen molar-refractivity contribution in [2.75, 3.05) is 9.80 Å². The summed E-state index contributed by atoms with van der Waals surface area (Å²) in [5.74, 6) is 0. The summed E-state index contributed by atoms with van der Waals surface area (Å²) < 4.78 is 9.72. The van der Waals surface area contributed by atoms with Gasteiger partial charge in [0.1, 0.15) is 11.0 Å². The van der Waals surface area contributed by atoms with Crippen LogP contribution in [0.2, 0.25) is 0 Å². The van der Waals surface area contributed by atoms with E-state index < -0.39 is 0 Å². The molecule has 0 aliphatic heterocycles. The molecular weight excluding hydrogens is 913 g/mol. The zero-order chi connectivity index (χ0) is 44.5. The van der Waals surface area contributed by atoms with Crippen molar-refractivity contribution in [3.63, 3.8) is 0 Å². The fourth-order valence-corrected chi connectivity index (χ4v) is 13.3. The van der Waals surface area contributed by atoms with Gasteiger partial charge in [0.05, 0.1) is 11.7 Å². The maximum atomic E-state index is 4.86. The Bertz CT molecular complexity index is 3260. The van der Waals surface area contributed by atoms with Crippen LogP contribution in [0.1, 0.15) is 0 Å². The van der Waals surface area contributed by atoms with Crippen molar-refractivity contribution in [3.05, 3.63) is 231 Å². The molecule has 0 N–H and O–H groups in total. The zero-order valence-corrected chi connectivity index (χ0v) is 39.9. The smallest absolute Gasteiger partial charge is 0.114 e. The number of aromatic nitrogens is 2. The Balaban J connectivity index is 0.759. The molecule has 0 spiro atoms. The maximum Gasteiger partial charge on any atom is 0.114 e. The predicted molar refractivity (Wildman–Crippen MR) is 291 cm³/mol. The molecule has 5 aromatic heterocycles. The first kappa shape index (κ1) is 41.2. The summed E-state index contributed by atoms with van der Waals surface area (Å²) in [5, 5.41) is 0. The number of thiophene rings is 4. The first-order chi connectivity index (χ1) is 33.2. The molecule has 0 unspecified atom stereocenters. The second-order valence-corrected chi connectivity index (χ2v) is 20.7. The molecule has 12 aromatic rings. The van der Waals surface area contributed by atoms with Crippen molar-refractivity contribution in [1.29, 1.82) is 0 Å². The van der Waals surface area contributed by atoms with Gasteiger partial charge in [0.2, 0.25) is 0 Å². The van der Waals surface area contributed by atoms with Crippen LogP contribution in [0.15, 0.2) is 231 Å². The Morgan fingerprint density at radius 1 is 0.239 bits per heavy atom. The summed E-state index contributed by atoms with van der Waals surface area (Å²) in [6.45, 7) is 0. The Morgan fingerprint density at radius 3 is 0.836 bits per heavy atom. The molecule has 0 amide bonds. The van der Waals surface area contributed by atoms with E-state index in [9.17, 15) is 0 Å². The number of nitrogens with zero attached hydrogens (tertiary/aromatic N) is 4. The van der Waals surface area contributed by atoms with E-state index in [1.54, 1.807) is 0 Å². The predicted octanol–water partition coefficient (Wildman–Crippen LogP) is 18.9. The fraction of sp³-hybridized carbons (Fsp3) is 0. The third kappa shape index (κ3) is 8.22. The fourth-order valence-electron chi connectivity index (χ4n) is 8.50. The molecule has 0 atom stereocenters. The van der Waals surface area contributed by atoms with Crippen LogP contribution in [0.4, 0.5) is 34.1 Å². The largest absolute Gasteiger partial charge is 0.311 e. The number of rotatable bonds is 12. The van der Waals surface area contributed by atoms with E-state index in [-0.39, 0.29) is 0 Å². The molecule has 12 rings (SSSR count). The highest BCUT2D eigenvalue weighted by atomic mass is 32.1. The highest BCUT2D eigenvalue weighted by molar-refractivity contribution is 7.26. The van der Waals surface area contributed by atoms with Crippen molar-refractivity contribution >= 4 is 102 Å². The molecule has 0 aliphatic carbocycles. The quantitative estimate of drug-likeness (QED) is 0.122. The molecule has 320 valence electrons. The van der Waals surface area contributed by atoms with Gasteiger partial charge in [0, 0.05) is 84.3 Å². The van der Waals surface area contributed by atoms with E-state index >= 15 is 0 Å². The average Bonchev–Trinajstić information content (AvgIpc) is 4.26. The molecule has 0 saturated heterocycles. The summed E-state index contributed by atoms with van der Waals surface area (Å²) >= 11 is 8.57. The Kier molecular flexibility index (Phi) is 11.2. The second kappa shape index (κ2) is 18.2. The molecule has 0 saturated carbocycles. The Labute approximate surface area is 409 Å². The summed E-state index contributed by atoms with van der Waals surface area (Å²) in [6, 6.07) is 82.4. The van der Waals surface area contributed by atoms with Gasteiger partial charge in [-0.2, -0.15) is 8.75 Å². The molecule has 9 heteroatoms. The normalized spacial score (nSPS) is 11.3. The lowest BCUT2D eigenvalue weighted by Gasteiger charge is -2.25. The van der Waals surface area contributed by atoms with E-state index in [1.807, 2.05) is 45.3 Å².